The molecule has 0 fully saturated rings. The van der Waals surface area contributed by atoms with Gasteiger partial charge in [0.2, 0.25) is 0 Å². The van der Waals surface area contributed by atoms with Crippen molar-refractivity contribution < 1.29 is 4.79 Å². The molecule has 80 valence electrons. The zero-order valence-corrected chi connectivity index (χ0v) is 9.12. The Balaban J connectivity index is 0.00000112. The maximum Gasteiger partial charge on any atom is 0.194 e. The predicted molar refractivity (Wildman–Crippen MR) is 61.3 cm³/mol. The van der Waals surface area contributed by atoms with Crippen molar-refractivity contribution >= 4 is 29.1 Å². The van der Waals surface area contributed by atoms with E-state index in [9.17, 15) is 4.79 Å². The Kier molecular flexibility index (Phi) is 3.44. The summed E-state index contributed by atoms with van der Waals surface area (Å²) in [7, 11) is 1.75. The molecule has 15 heavy (non-hydrogen) atoms. The highest BCUT2D eigenvalue weighted by Crippen LogP contribution is 2.17. The number of hydrogen-bond acceptors (Lipinski definition) is 3. The molecule has 0 unspecified atom stereocenters. The van der Waals surface area contributed by atoms with Crippen molar-refractivity contribution in [3.8, 4) is 0 Å². The summed E-state index contributed by atoms with van der Waals surface area (Å²) >= 11 is 0. The largest absolute Gasteiger partial charge is 0.324 e. The first-order chi connectivity index (χ1) is 6.74. The van der Waals surface area contributed by atoms with Gasteiger partial charge in [-0.3, -0.25) is 9.48 Å². The summed E-state index contributed by atoms with van der Waals surface area (Å²) in [6, 6.07) is 7.54. The van der Waals surface area contributed by atoms with E-state index >= 15 is 0 Å². The maximum atomic E-state index is 11.5. The van der Waals surface area contributed by atoms with Crippen molar-refractivity contribution in [2.24, 2.45) is 12.8 Å². The lowest BCUT2D eigenvalue weighted by Crippen LogP contribution is -2.17. The number of hydrogen-bond donors (Lipinski definition) is 1. The highest BCUT2D eigenvalue weighted by molar-refractivity contribution is 6.07. The number of carbonyl (C=O) groups is 1. The van der Waals surface area contributed by atoms with Crippen molar-refractivity contribution in [2.45, 2.75) is 0 Å². The van der Waals surface area contributed by atoms with Gasteiger partial charge in [-0.15, -0.1) is 12.4 Å². The van der Waals surface area contributed by atoms with Crippen molar-refractivity contribution in [1.29, 1.82) is 0 Å². The van der Waals surface area contributed by atoms with Crippen LogP contribution in [0.15, 0.2) is 24.3 Å². The lowest BCUT2D eigenvalue weighted by Gasteiger charge is -1.97. The molecular weight excluding hydrogens is 214 g/mol. The average molecular weight is 226 g/mol. The number of Topliss-reactive ketones (excluding diaryl/α,β-unsaturated/α-hetero) is 1. The van der Waals surface area contributed by atoms with Gasteiger partial charge in [0.25, 0.3) is 0 Å². The standard InChI is InChI=1S/C10H11N3O.ClH/c1-13-10(9(14)6-11)7-4-2-3-5-8(7)12-13;/h2-5H,6,11H2,1H3;1H. The molecule has 1 heterocycles. The zero-order valence-electron chi connectivity index (χ0n) is 8.30. The third kappa shape index (κ3) is 1.86. The van der Waals surface area contributed by atoms with Crippen LogP contribution in [0.2, 0.25) is 0 Å². The molecule has 1 aromatic carbocycles. The van der Waals surface area contributed by atoms with Gasteiger partial charge in [-0.25, -0.2) is 0 Å². The minimum absolute atomic E-state index is 0. The smallest absolute Gasteiger partial charge is 0.194 e. The van der Waals surface area contributed by atoms with Gasteiger partial charge in [-0.1, -0.05) is 18.2 Å². The minimum atomic E-state index is -0.0822. The summed E-state index contributed by atoms with van der Waals surface area (Å²) in [5.74, 6) is -0.0822. The monoisotopic (exact) mass is 225 g/mol. The van der Waals surface area contributed by atoms with Gasteiger partial charge < -0.3 is 5.73 Å². The van der Waals surface area contributed by atoms with E-state index in [0.717, 1.165) is 10.9 Å². The summed E-state index contributed by atoms with van der Waals surface area (Å²) in [5, 5.41) is 5.09. The van der Waals surface area contributed by atoms with Gasteiger partial charge in [0.05, 0.1) is 12.1 Å². The molecule has 4 nitrogen and oxygen atoms in total. The summed E-state index contributed by atoms with van der Waals surface area (Å²) in [4.78, 5) is 11.5. The van der Waals surface area contributed by atoms with E-state index in [-0.39, 0.29) is 24.7 Å². The van der Waals surface area contributed by atoms with Gasteiger partial charge in [0.15, 0.2) is 5.78 Å². The molecule has 0 aliphatic carbocycles. The van der Waals surface area contributed by atoms with Crippen molar-refractivity contribution in [2.75, 3.05) is 6.54 Å². The molecular formula is C10H12ClN3O. The van der Waals surface area contributed by atoms with E-state index in [1.165, 1.54) is 0 Å². The molecule has 2 aromatic rings. The van der Waals surface area contributed by atoms with Crippen LogP contribution in [0.1, 0.15) is 10.5 Å². The van der Waals surface area contributed by atoms with Gasteiger partial charge in [-0.05, 0) is 6.07 Å². The molecule has 0 spiro atoms. The van der Waals surface area contributed by atoms with E-state index in [1.807, 2.05) is 24.3 Å². The molecule has 2 rings (SSSR count). The van der Waals surface area contributed by atoms with Gasteiger partial charge in [0.1, 0.15) is 5.69 Å². The third-order valence-electron chi connectivity index (χ3n) is 2.19. The molecule has 0 radical (unpaired) electrons. The number of nitrogens with two attached hydrogens (primary N) is 1. The number of aryl methyl sites for hydroxylation is 1. The van der Waals surface area contributed by atoms with Crippen LogP contribution >= 0.6 is 12.4 Å². The number of ketones is 1. The normalized spacial score (nSPS) is 10.0. The third-order valence-corrected chi connectivity index (χ3v) is 2.19. The molecule has 0 aliphatic rings. The minimum Gasteiger partial charge on any atom is -0.324 e. The fourth-order valence-electron chi connectivity index (χ4n) is 1.57. The molecule has 0 atom stereocenters. The van der Waals surface area contributed by atoms with Crippen molar-refractivity contribution in [3.05, 3.63) is 30.0 Å². The van der Waals surface area contributed by atoms with Crippen LogP contribution in [-0.2, 0) is 7.05 Å². The maximum absolute atomic E-state index is 11.5. The van der Waals surface area contributed by atoms with Crippen LogP contribution in [0.3, 0.4) is 0 Å². The summed E-state index contributed by atoms with van der Waals surface area (Å²) in [6.45, 7) is 0.0174. The van der Waals surface area contributed by atoms with Gasteiger partial charge >= 0.3 is 0 Å². The second-order valence-electron chi connectivity index (χ2n) is 3.12. The first-order valence-corrected chi connectivity index (χ1v) is 4.39. The molecule has 2 N–H and O–H groups in total. The highest BCUT2D eigenvalue weighted by atomic mass is 35.5. The van der Waals surface area contributed by atoms with E-state index in [4.69, 9.17) is 5.73 Å². The Morgan fingerprint density at radius 1 is 1.47 bits per heavy atom. The number of fused-ring (bicyclic) bond motifs is 1. The Bertz CT molecular complexity index is 492. The number of nitrogens with zero attached hydrogens (tertiary/aromatic N) is 2. The van der Waals surface area contributed by atoms with Crippen LogP contribution in [0.5, 0.6) is 0 Å². The van der Waals surface area contributed by atoms with E-state index in [0.29, 0.717) is 5.69 Å². The Morgan fingerprint density at radius 3 is 2.80 bits per heavy atom. The number of halogens is 1. The Hall–Kier alpha value is -1.39. The van der Waals surface area contributed by atoms with E-state index in [2.05, 4.69) is 5.10 Å². The molecule has 0 saturated carbocycles. The topological polar surface area (TPSA) is 60.9 Å². The quantitative estimate of drug-likeness (QED) is 0.780. The highest BCUT2D eigenvalue weighted by Gasteiger charge is 2.13. The molecule has 0 aliphatic heterocycles. The number of aromatic nitrogens is 2. The molecule has 0 saturated heterocycles. The van der Waals surface area contributed by atoms with Crippen molar-refractivity contribution in [1.82, 2.24) is 9.78 Å². The van der Waals surface area contributed by atoms with Crippen LogP contribution < -0.4 is 5.73 Å². The van der Waals surface area contributed by atoms with Crippen LogP contribution in [0.4, 0.5) is 0 Å². The van der Waals surface area contributed by atoms with Crippen LogP contribution in [0.25, 0.3) is 10.9 Å². The summed E-state index contributed by atoms with van der Waals surface area (Å²) < 4.78 is 1.58. The Morgan fingerprint density at radius 2 is 2.13 bits per heavy atom. The number of carbonyl (C=O) groups excluding carboxylic acids is 1. The van der Waals surface area contributed by atoms with E-state index in [1.54, 1.807) is 11.7 Å². The van der Waals surface area contributed by atoms with Crippen LogP contribution in [-0.4, -0.2) is 22.1 Å². The van der Waals surface area contributed by atoms with Gasteiger partial charge in [-0.2, -0.15) is 5.10 Å². The number of benzene rings is 1. The average Bonchev–Trinajstić information content (AvgIpc) is 2.53. The molecule has 0 bridgehead atoms. The number of rotatable bonds is 2. The molecule has 5 heteroatoms. The summed E-state index contributed by atoms with van der Waals surface area (Å²) in [5.41, 5.74) is 6.74. The fourth-order valence-corrected chi connectivity index (χ4v) is 1.57. The molecule has 0 amide bonds. The summed E-state index contributed by atoms with van der Waals surface area (Å²) in [6.07, 6.45) is 0. The van der Waals surface area contributed by atoms with E-state index < -0.39 is 0 Å². The fraction of sp³-hybridized carbons (Fsp3) is 0.200. The SMILES string of the molecule is Cl.Cn1nc2ccccc2c1C(=O)CN. The lowest BCUT2D eigenvalue weighted by atomic mass is 10.1. The van der Waals surface area contributed by atoms with Gasteiger partial charge in [0, 0.05) is 12.4 Å². The van der Waals surface area contributed by atoms with Crippen LogP contribution in [0, 0.1) is 0 Å². The Labute approximate surface area is 93.5 Å². The zero-order chi connectivity index (χ0) is 10.1. The lowest BCUT2D eigenvalue weighted by molar-refractivity contribution is 0.0994. The first kappa shape index (κ1) is 11.7. The molecule has 1 aromatic heterocycles. The second kappa shape index (κ2) is 4.42. The van der Waals surface area contributed by atoms with Crippen molar-refractivity contribution in [3.63, 3.8) is 0 Å². The second-order valence-corrected chi connectivity index (χ2v) is 3.12. The first-order valence-electron chi connectivity index (χ1n) is 4.39. The predicted octanol–water partition coefficient (Wildman–Crippen LogP) is 1.14.